The minimum Gasteiger partial charge on any atom is -0.492 e. The van der Waals surface area contributed by atoms with Crippen molar-refractivity contribution < 1.29 is 4.74 Å². The monoisotopic (exact) mass is 253 g/mol. The van der Waals surface area contributed by atoms with Gasteiger partial charge in [-0.05, 0) is 43.4 Å². The minimum atomic E-state index is 0.614. The van der Waals surface area contributed by atoms with Crippen LogP contribution in [0.4, 0.5) is 5.69 Å². The van der Waals surface area contributed by atoms with Crippen LogP contribution >= 0.6 is 11.6 Å². The summed E-state index contributed by atoms with van der Waals surface area (Å²) in [7, 11) is 0. The lowest BCUT2D eigenvalue weighted by molar-refractivity contribution is 0.309. The van der Waals surface area contributed by atoms with Crippen molar-refractivity contribution in [2.75, 3.05) is 11.9 Å². The van der Waals surface area contributed by atoms with E-state index in [4.69, 9.17) is 16.3 Å². The van der Waals surface area contributed by atoms with E-state index in [1.807, 2.05) is 18.2 Å². The first-order valence-corrected chi connectivity index (χ1v) is 6.75. The van der Waals surface area contributed by atoms with Crippen molar-refractivity contribution in [2.45, 2.75) is 39.2 Å². The van der Waals surface area contributed by atoms with Gasteiger partial charge < -0.3 is 10.1 Å². The van der Waals surface area contributed by atoms with Crippen LogP contribution < -0.4 is 10.1 Å². The van der Waals surface area contributed by atoms with Crippen LogP contribution in [0.1, 0.15) is 33.1 Å². The summed E-state index contributed by atoms with van der Waals surface area (Å²) in [5, 5.41) is 4.18. The lowest BCUT2D eigenvalue weighted by Gasteiger charge is -2.34. The van der Waals surface area contributed by atoms with Crippen molar-refractivity contribution in [3.05, 3.63) is 23.2 Å². The van der Waals surface area contributed by atoms with E-state index in [0.717, 1.165) is 23.8 Å². The van der Waals surface area contributed by atoms with Crippen molar-refractivity contribution in [3.8, 4) is 5.75 Å². The summed E-state index contributed by atoms with van der Waals surface area (Å²) >= 11 is 6.17. The summed E-state index contributed by atoms with van der Waals surface area (Å²) < 4.78 is 5.54. The average molecular weight is 254 g/mol. The van der Waals surface area contributed by atoms with Crippen molar-refractivity contribution in [1.29, 1.82) is 0 Å². The van der Waals surface area contributed by atoms with Gasteiger partial charge in [0.2, 0.25) is 0 Å². The second-order valence-electron chi connectivity index (χ2n) is 4.91. The van der Waals surface area contributed by atoms with Crippen LogP contribution in [0.5, 0.6) is 5.75 Å². The molecule has 94 valence electrons. The summed E-state index contributed by atoms with van der Waals surface area (Å²) in [6.45, 7) is 5.08. The lowest BCUT2D eigenvalue weighted by Crippen LogP contribution is -2.33. The van der Waals surface area contributed by atoms with Gasteiger partial charge in [-0.1, -0.05) is 25.4 Å². The fourth-order valence-corrected chi connectivity index (χ4v) is 2.41. The molecular weight excluding hydrogens is 234 g/mol. The summed E-state index contributed by atoms with van der Waals surface area (Å²) in [6.07, 6.45) is 3.51. The second kappa shape index (κ2) is 5.63. The molecule has 0 atom stereocenters. The molecule has 3 heteroatoms. The van der Waals surface area contributed by atoms with Crippen LogP contribution in [0.3, 0.4) is 0 Å². The highest BCUT2D eigenvalue weighted by molar-refractivity contribution is 6.32. The lowest BCUT2D eigenvalue weighted by atomic mass is 9.82. The van der Waals surface area contributed by atoms with Crippen molar-refractivity contribution in [2.24, 2.45) is 5.92 Å². The molecule has 0 amide bonds. The Hall–Kier alpha value is -0.890. The number of hydrogen-bond acceptors (Lipinski definition) is 2. The summed E-state index contributed by atoms with van der Waals surface area (Å²) in [4.78, 5) is 0. The van der Waals surface area contributed by atoms with Gasteiger partial charge in [-0.3, -0.25) is 0 Å². The Morgan fingerprint density at radius 3 is 2.76 bits per heavy atom. The Bertz CT molecular complexity index is 374. The third-order valence-electron chi connectivity index (χ3n) is 3.14. The Kier molecular flexibility index (Phi) is 4.16. The van der Waals surface area contributed by atoms with Gasteiger partial charge in [-0.25, -0.2) is 0 Å². The van der Waals surface area contributed by atoms with Gasteiger partial charge in [0.15, 0.2) is 0 Å². The fraction of sp³-hybridized carbons (Fsp3) is 0.571. The molecule has 1 aromatic carbocycles. The van der Waals surface area contributed by atoms with E-state index in [1.165, 1.54) is 12.8 Å². The highest BCUT2D eigenvalue weighted by atomic mass is 35.5. The van der Waals surface area contributed by atoms with Gasteiger partial charge in [-0.15, -0.1) is 0 Å². The molecule has 0 heterocycles. The number of nitrogens with one attached hydrogen (secondary N) is 1. The molecule has 1 aliphatic carbocycles. The van der Waals surface area contributed by atoms with E-state index in [9.17, 15) is 0 Å². The van der Waals surface area contributed by atoms with Crippen molar-refractivity contribution >= 4 is 17.3 Å². The number of rotatable bonds is 5. The molecule has 0 bridgehead atoms. The van der Waals surface area contributed by atoms with E-state index in [0.29, 0.717) is 17.7 Å². The van der Waals surface area contributed by atoms with Crippen LogP contribution in [-0.2, 0) is 0 Å². The third kappa shape index (κ3) is 3.29. The standard InChI is InChI=1S/C14H20ClNO/c1-3-6-17-14-5-4-11(9-13(14)15)16-12-7-10(2)8-12/h4-5,9-10,12,16H,3,6-8H2,1-2H3. The predicted octanol–water partition coefficient (Wildman–Crippen LogP) is 4.34. The van der Waals surface area contributed by atoms with Crippen molar-refractivity contribution in [3.63, 3.8) is 0 Å². The Balaban J connectivity index is 1.93. The molecule has 0 aliphatic heterocycles. The maximum Gasteiger partial charge on any atom is 0.138 e. The molecule has 17 heavy (non-hydrogen) atoms. The quantitative estimate of drug-likeness (QED) is 0.843. The molecular formula is C14H20ClNO. The zero-order valence-electron chi connectivity index (χ0n) is 10.5. The molecule has 1 aromatic rings. The largest absolute Gasteiger partial charge is 0.492 e. The third-order valence-corrected chi connectivity index (χ3v) is 3.43. The number of benzene rings is 1. The van der Waals surface area contributed by atoms with Gasteiger partial charge in [-0.2, -0.15) is 0 Å². The van der Waals surface area contributed by atoms with Gasteiger partial charge in [0.1, 0.15) is 5.75 Å². The molecule has 0 radical (unpaired) electrons. The first-order chi connectivity index (χ1) is 8.19. The van der Waals surface area contributed by atoms with E-state index in [1.54, 1.807) is 0 Å². The Morgan fingerprint density at radius 1 is 1.41 bits per heavy atom. The van der Waals surface area contributed by atoms with E-state index < -0.39 is 0 Å². The number of anilines is 1. The Morgan fingerprint density at radius 2 is 2.18 bits per heavy atom. The fourth-order valence-electron chi connectivity index (χ4n) is 2.18. The summed E-state index contributed by atoms with van der Waals surface area (Å²) in [5.74, 6) is 1.64. The minimum absolute atomic E-state index is 0.614. The normalized spacial score (nSPS) is 23.0. The maximum absolute atomic E-state index is 6.17. The first kappa shape index (κ1) is 12.6. The second-order valence-corrected chi connectivity index (χ2v) is 5.32. The Labute approximate surface area is 108 Å². The van der Waals surface area contributed by atoms with Crippen molar-refractivity contribution in [1.82, 2.24) is 0 Å². The zero-order valence-corrected chi connectivity index (χ0v) is 11.3. The molecule has 0 unspecified atom stereocenters. The molecule has 2 nitrogen and oxygen atoms in total. The summed E-state index contributed by atoms with van der Waals surface area (Å²) in [5.41, 5.74) is 1.09. The molecule has 2 rings (SSSR count). The maximum atomic E-state index is 6.17. The number of hydrogen-bond donors (Lipinski definition) is 1. The molecule has 1 aliphatic rings. The van der Waals surface area contributed by atoms with E-state index in [-0.39, 0.29) is 0 Å². The molecule has 1 saturated carbocycles. The topological polar surface area (TPSA) is 21.3 Å². The highest BCUT2D eigenvalue weighted by Gasteiger charge is 2.24. The van der Waals surface area contributed by atoms with E-state index >= 15 is 0 Å². The van der Waals surface area contributed by atoms with Gasteiger partial charge >= 0.3 is 0 Å². The average Bonchev–Trinajstić information content (AvgIpc) is 2.26. The van der Waals surface area contributed by atoms with Crippen LogP contribution in [0, 0.1) is 5.92 Å². The van der Waals surface area contributed by atoms with Crippen LogP contribution in [0.25, 0.3) is 0 Å². The molecule has 0 saturated heterocycles. The molecule has 1 N–H and O–H groups in total. The number of ether oxygens (including phenoxy) is 1. The van der Waals surface area contributed by atoms with Gasteiger partial charge in [0, 0.05) is 11.7 Å². The SMILES string of the molecule is CCCOc1ccc(NC2CC(C)C2)cc1Cl. The smallest absolute Gasteiger partial charge is 0.138 e. The van der Waals surface area contributed by atoms with Gasteiger partial charge in [0.05, 0.1) is 11.6 Å². The molecule has 1 fully saturated rings. The highest BCUT2D eigenvalue weighted by Crippen LogP contribution is 2.32. The zero-order chi connectivity index (χ0) is 12.3. The molecule has 0 aromatic heterocycles. The molecule has 0 spiro atoms. The van der Waals surface area contributed by atoms with Crippen LogP contribution in [0.15, 0.2) is 18.2 Å². The number of halogens is 1. The predicted molar refractivity (Wildman–Crippen MR) is 73.0 cm³/mol. The van der Waals surface area contributed by atoms with E-state index in [2.05, 4.69) is 19.2 Å². The summed E-state index contributed by atoms with van der Waals surface area (Å²) in [6, 6.07) is 6.56. The van der Waals surface area contributed by atoms with Gasteiger partial charge in [0.25, 0.3) is 0 Å². The van der Waals surface area contributed by atoms with Crippen LogP contribution in [-0.4, -0.2) is 12.6 Å². The van der Waals surface area contributed by atoms with Crippen LogP contribution in [0.2, 0.25) is 5.02 Å². The first-order valence-electron chi connectivity index (χ1n) is 6.38.